The Balaban J connectivity index is 2.07. The van der Waals surface area contributed by atoms with Crippen molar-refractivity contribution in [2.75, 3.05) is 5.32 Å². The fraction of sp³-hybridized carbons (Fsp3) is 0.308. The minimum atomic E-state index is -4.32. The Bertz CT molecular complexity index is 546. The van der Waals surface area contributed by atoms with E-state index in [1.807, 2.05) is 6.92 Å². The molecule has 1 unspecified atom stereocenters. The SMILES string of the molecule is Cc1cnc(C(C)Nc2ccc(C(F)(F)F)cc2)o1. The molecule has 1 aromatic heterocycles. The molecule has 2 rings (SSSR count). The summed E-state index contributed by atoms with van der Waals surface area (Å²) in [6.45, 7) is 3.60. The molecule has 0 spiro atoms. The predicted octanol–water partition coefficient (Wildman–Crippen LogP) is 4.17. The van der Waals surface area contributed by atoms with Gasteiger partial charge >= 0.3 is 6.18 Å². The van der Waals surface area contributed by atoms with Gasteiger partial charge in [0.25, 0.3) is 0 Å². The van der Waals surface area contributed by atoms with Crippen LogP contribution in [-0.2, 0) is 6.18 Å². The van der Waals surface area contributed by atoms with Crippen LogP contribution in [0.5, 0.6) is 0 Å². The second-order valence-corrected chi connectivity index (χ2v) is 4.25. The lowest BCUT2D eigenvalue weighted by molar-refractivity contribution is -0.137. The average molecular weight is 270 g/mol. The molecule has 0 amide bonds. The fourth-order valence-corrected chi connectivity index (χ4v) is 1.64. The number of oxazole rings is 1. The summed E-state index contributed by atoms with van der Waals surface area (Å²) < 4.78 is 42.6. The molecule has 102 valence electrons. The van der Waals surface area contributed by atoms with Crippen molar-refractivity contribution < 1.29 is 17.6 Å². The van der Waals surface area contributed by atoms with Gasteiger partial charge in [-0.25, -0.2) is 4.98 Å². The van der Waals surface area contributed by atoms with E-state index in [4.69, 9.17) is 4.42 Å². The highest BCUT2D eigenvalue weighted by molar-refractivity contribution is 5.46. The first-order valence-electron chi connectivity index (χ1n) is 5.72. The van der Waals surface area contributed by atoms with Gasteiger partial charge in [0.05, 0.1) is 11.8 Å². The summed E-state index contributed by atoms with van der Waals surface area (Å²) in [5.41, 5.74) is -0.0889. The summed E-state index contributed by atoms with van der Waals surface area (Å²) in [5, 5.41) is 3.03. The van der Waals surface area contributed by atoms with Gasteiger partial charge in [-0.1, -0.05) is 0 Å². The van der Waals surface area contributed by atoms with Crippen molar-refractivity contribution in [1.29, 1.82) is 0 Å². The van der Waals surface area contributed by atoms with Crippen LogP contribution in [0, 0.1) is 6.92 Å². The van der Waals surface area contributed by atoms with Crippen LogP contribution in [0.3, 0.4) is 0 Å². The number of alkyl halides is 3. The number of benzene rings is 1. The average Bonchev–Trinajstić information content (AvgIpc) is 2.75. The zero-order valence-corrected chi connectivity index (χ0v) is 10.5. The molecule has 3 nitrogen and oxygen atoms in total. The molecule has 1 atom stereocenters. The standard InChI is InChI=1S/C13H13F3N2O/c1-8-7-17-12(19-8)9(2)18-11-5-3-10(4-6-11)13(14,15)16/h3-7,9,18H,1-2H3. The van der Waals surface area contributed by atoms with E-state index in [1.54, 1.807) is 13.1 Å². The Morgan fingerprint density at radius 1 is 1.21 bits per heavy atom. The number of aromatic nitrogens is 1. The first-order chi connectivity index (χ1) is 8.86. The molecule has 6 heteroatoms. The highest BCUT2D eigenvalue weighted by atomic mass is 19.4. The third kappa shape index (κ3) is 3.27. The molecule has 0 radical (unpaired) electrons. The van der Waals surface area contributed by atoms with Crippen molar-refractivity contribution in [1.82, 2.24) is 4.98 Å². The number of rotatable bonds is 3. The Morgan fingerprint density at radius 3 is 2.32 bits per heavy atom. The normalized spacial score (nSPS) is 13.3. The number of aryl methyl sites for hydroxylation is 1. The molecular weight excluding hydrogens is 257 g/mol. The van der Waals surface area contributed by atoms with Gasteiger partial charge in [0.2, 0.25) is 5.89 Å². The van der Waals surface area contributed by atoms with E-state index < -0.39 is 11.7 Å². The number of hydrogen-bond acceptors (Lipinski definition) is 3. The van der Waals surface area contributed by atoms with Crippen LogP contribution in [0.4, 0.5) is 18.9 Å². The van der Waals surface area contributed by atoms with Crippen molar-refractivity contribution in [3.63, 3.8) is 0 Å². The highest BCUT2D eigenvalue weighted by Crippen LogP contribution is 2.30. The zero-order chi connectivity index (χ0) is 14.0. The van der Waals surface area contributed by atoms with Crippen molar-refractivity contribution in [3.05, 3.63) is 47.7 Å². The van der Waals surface area contributed by atoms with Gasteiger partial charge in [0.1, 0.15) is 11.8 Å². The van der Waals surface area contributed by atoms with Crippen LogP contribution in [-0.4, -0.2) is 4.98 Å². The molecule has 0 bridgehead atoms. The molecular formula is C13H13F3N2O. The summed E-state index contributed by atoms with van der Waals surface area (Å²) in [7, 11) is 0. The third-order valence-corrected chi connectivity index (χ3v) is 2.60. The van der Waals surface area contributed by atoms with Crippen molar-refractivity contribution in [3.8, 4) is 0 Å². The van der Waals surface area contributed by atoms with E-state index in [-0.39, 0.29) is 6.04 Å². The van der Waals surface area contributed by atoms with Gasteiger partial charge in [-0.3, -0.25) is 0 Å². The van der Waals surface area contributed by atoms with E-state index in [2.05, 4.69) is 10.3 Å². The van der Waals surface area contributed by atoms with E-state index in [0.29, 0.717) is 17.3 Å². The first kappa shape index (κ1) is 13.5. The summed E-state index contributed by atoms with van der Waals surface area (Å²) in [5.74, 6) is 1.19. The van der Waals surface area contributed by atoms with Gasteiger partial charge in [-0.2, -0.15) is 13.2 Å². The molecule has 1 aromatic carbocycles. The lowest BCUT2D eigenvalue weighted by atomic mass is 10.2. The Hall–Kier alpha value is -1.98. The van der Waals surface area contributed by atoms with Crippen LogP contribution in [0.2, 0.25) is 0 Å². The number of nitrogens with one attached hydrogen (secondary N) is 1. The second kappa shape index (κ2) is 4.95. The van der Waals surface area contributed by atoms with E-state index in [0.717, 1.165) is 12.1 Å². The predicted molar refractivity (Wildman–Crippen MR) is 64.7 cm³/mol. The lowest BCUT2D eigenvalue weighted by Gasteiger charge is -2.13. The van der Waals surface area contributed by atoms with E-state index in [1.165, 1.54) is 12.1 Å². The molecule has 2 aromatic rings. The molecule has 0 saturated heterocycles. The largest absolute Gasteiger partial charge is 0.444 e. The molecule has 0 aliphatic rings. The Morgan fingerprint density at radius 2 is 1.84 bits per heavy atom. The minimum absolute atomic E-state index is 0.217. The summed E-state index contributed by atoms with van der Waals surface area (Å²) in [4.78, 5) is 4.06. The van der Waals surface area contributed by atoms with Gasteiger partial charge < -0.3 is 9.73 Å². The maximum absolute atomic E-state index is 12.4. The maximum Gasteiger partial charge on any atom is 0.416 e. The van der Waals surface area contributed by atoms with Crippen LogP contribution >= 0.6 is 0 Å². The maximum atomic E-state index is 12.4. The van der Waals surface area contributed by atoms with Crippen molar-refractivity contribution in [2.24, 2.45) is 0 Å². The molecule has 1 heterocycles. The van der Waals surface area contributed by atoms with Crippen molar-refractivity contribution in [2.45, 2.75) is 26.1 Å². The number of anilines is 1. The van der Waals surface area contributed by atoms with E-state index >= 15 is 0 Å². The van der Waals surface area contributed by atoms with Crippen LogP contribution in [0.1, 0.15) is 30.2 Å². The molecule has 19 heavy (non-hydrogen) atoms. The highest BCUT2D eigenvalue weighted by Gasteiger charge is 2.30. The number of halogens is 3. The monoisotopic (exact) mass is 270 g/mol. The van der Waals surface area contributed by atoms with E-state index in [9.17, 15) is 13.2 Å². The topological polar surface area (TPSA) is 38.1 Å². The Kier molecular flexibility index (Phi) is 3.50. The molecule has 0 saturated carbocycles. The number of nitrogens with zero attached hydrogens (tertiary/aromatic N) is 1. The number of hydrogen-bond donors (Lipinski definition) is 1. The van der Waals surface area contributed by atoms with Crippen LogP contribution < -0.4 is 5.32 Å². The quantitative estimate of drug-likeness (QED) is 0.909. The summed E-state index contributed by atoms with van der Waals surface area (Å²) in [6.07, 6.45) is -2.72. The smallest absolute Gasteiger partial charge is 0.416 e. The molecule has 0 aliphatic heterocycles. The first-order valence-corrected chi connectivity index (χ1v) is 5.72. The van der Waals surface area contributed by atoms with Crippen molar-refractivity contribution >= 4 is 5.69 Å². The van der Waals surface area contributed by atoms with Gasteiger partial charge in [-0.15, -0.1) is 0 Å². The molecule has 0 fully saturated rings. The minimum Gasteiger partial charge on any atom is -0.444 e. The molecule has 1 N–H and O–H groups in total. The summed E-state index contributed by atoms with van der Waals surface area (Å²) >= 11 is 0. The van der Waals surface area contributed by atoms with Gasteiger partial charge in [0, 0.05) is 5.69 Å². The second-order valence-electron chi connectivity index (χ2n) is 4.25. The van der Waals surface area contributed by atoms with Crippen LogP contribution in [0.25, 0.3) is 0 Å². The van der Waals surface area contributed by atoms with Gasteiger partial charge in [0.15, 0.2) is 0 Å². The molecule has 0 aliphatic carbocycles. The fourth-order valence-electron chi connectivity index (χ4n) is 1.64. The van der Waals surface area contributed by atoms with Gasteiger partial charge in [-0.05, 0) is 38.1 Å². The van der Waals surface area contributed by atoms with Crippen LogP contribution in [0.15, 0.2) is 34.9 Å². The lowest BCUT2D eigenvalue weighted by Crippen LogP contribution is -2.08. The Labute approximate surface area is 108 Å². The third-order valence-electron chi connectivity index (χ3n) is 2.60. The zero-order valence-electron chi connectivity index (χ0n) is 10.5. The summed E-state index contributed by atoms with van der Waals surface area (Å²) in [6, 6.07) is 4.63.